The fourth-order valence-corrected chi connectivity index (χ4v) is 3.67. The second kappa shape index (κ2) is 2.73. The molecule has 2 fully saturated rings. The number of aliphatic hydroxyl groups excluding tert-OH is 2. The molecule has 0 bridgehead atoms. The number of aliphatic hydroxyl groups is 2. The standard InChI is InChI=1S/C12H22O2/c1-11(2)5-7-6-12(3,4)10(14)8(7)9(11)13/h7-10,13-14H,5-6H2,1-4H3. The molecule has 2 heteroatoms. The van der Waals surface area contributed by atoms with Crippen molar-refractivity contribution in [1.82, 2.24) is 0 Å². The quantitative estimate of drug-likeness (QED) is 0.623. The topological polar surface area (TPSA) is 40.5 Å². The van der Waals surface area contributed by atoms with Crippen molar-refractivity contribution in [2.45, 2.75) is 52.7 Å². The van der Waals surface area contributed by atoms with E-state index in [0.29, 0.717) is 5.92 Å². The molecule has 2 atom stereocenters. The molecule has 0 spiro atoms. The smallest absolute Gasteiger partial charge is 0.0646 e. The zero-order valence-electron chi connectivity index (χ0n) is 9.62. The van der Waals surface area contributed by atoms with Crippen LogP contribution in [0.3, 0.4) is 0 Å². The first-order valence-electron chi connectivity index (χ1n) is 5.62. The van der Waals surface area contributed by atoms with Crippen molar-refractivity contribution in [3.05, 3.63) is 0 Å². The zero-order valence-corrected chi connectivity index (χ0v) is 9.62. The van der Waals surface area contributed by atoms with Crippen LogP contribution in [-0.4, -0.2) is 22.4 Å². The normalized spacial score (nSPS) is 49.3. The Morgan fingerprint density at radius 1 is 0.857 bits per heavy atom. The first-order chi connectivity index (χ1) is 6.26. The van der Waals surface area contributed by atoms with Crippen molar-refractivity contribution in [1.29, 1.82) is 0 Å². The van der Waals surface area contributed by atoms with Crippen molar-refractivity contribution >= 4 is 0 Å². The molecule has 2 aliphatic carbocycles. The molecule has 0 radical (unpaired) electrons. The summed E-state index contributed by atoms with van der Waals surface area (Å²) in [7, 11) is 0. The van der Waals surface area contributed by atoms with Crippen molar-refractivity contribution in [2.75, 3.05) is 0 Å². The summed E-state index contributed by atoms with van der Waals surface area (Å²) in [5, 5.41) is 20.3. The molecular weight excluding hydrogens is 176 g/mol. The fourth-order valence-electron chi connectivity index (χ4n) is 3.67. The lowest BCUT2D eigenvalue weighted by Crippen LogP contribution is -2.38. The van der Waals surface area contributed by atoms with Gasteiger partial charge in [0.15, 0.2) is 0 Å². The zero-order chi connectivity index (χ0) is 10.7. The van der Waals surface area contributed by atoms with E-state index in [1.54, 1.807) is 0 Å². The van der Waals surface area contributed by atoms with Gasteiger partial charge < -0.3 is 10.2 Å². The van der Waals surface area contributed by atoms with E-state index in [2.05, 4.69) is 27.7 Å². The maximum absolute atomic E-state index is 10.2. The van der Waals surface area contributed by atoms with E-state index in [1.807, 2.05) is 0 Å². The Morgan fingerprint density at radius 2 is 1.21 bits per heavy atom. The van der Waals surface area contributed by atoms with Gasteiger partial charge in [0.1, 0.15) is 0 Å². The summed E-state index contributed by atoms with van der Waals surface area (Å²) in [5.41, 5.74) is -0.0143. The lowest BCUT2D eigenvalue weighted by molar-refractivity contribution is -0.0355. The van der Waals surface area contributed by atoms with E-state index >= 15 is 0 Å². The minimum atomic E-state index is -0.329. The van der Waals surface area contributed by atoms with Crippen molar-refractivity contribution in [3.63, 3.8) is 0 Å². The lowest BCUT2D eigenvalue weighted by Gasteiger charge is -2.32. The Bertz CT molecular complexity index is 221. The highest BCUT2D eigenvalue weighted by atomic mass is 16.3. The van der Waals surface area contributed by atoms with Gasteiger partial charge in [-0.15, -0.1) is 0 Å². The summed E-state index contributed by atoms with van der Waals surface area (Å²) >= 11 is 0. The van der Waals surface area contributed by atoms with Gasteiger partial charge in [0.25, 0.3) is 0 Å². The van der Waals surface area contributed by atoms with Gasteiger partial charge in [-0.3, -0.25) is 0 Å². The van der Waals surface area contributed by atoms with Crippen molar-refractivity contribution < 1.29 is 10.2 Å². The predicted octanol–water partition coefficient (Wildman–Crippen LogP) is 1.80. The summed E-state index contributed by atoms with van der Waals surface area (Å²) in [4.78, 5) is 0. The van der Waals surface area contributed by atoms with E-state index in [0.717, 1.165) is 12.8 Å². The van der Waals surface area contributed by atoms with E-state index < -0.39 is 0 Å². The molecule has 0 aromatic carbocycles. The number of fused-ring (bicyclic) bond motifs is 1. The predicted molar refractivity (Wildman–Crippen MR) is 55.8 cm³/mol. The van der Waals surface area contributed by atoms with Crippen LogP contribution in [0.4, 0.5) is 0 Å². The van der Waals surface area contributed by atoms with Crippen LogP contribution in [0.1, 0.15) is 40.5 Å². The third kappa shape index (κ3) is 1.24. The van der Waals surface area contributed by atoms with E-state index in [4.69, 9.17) is 0 Å². The molecule has 0 amide bonds. The fraction of sp³-hybridized carbons (Fsp3) is 1.00. The highest BCUT2D eigenvalue weighted by Crippen LogP contribution is 2.58. The van der Waals surface area contributed by atoms with Gasteiger partial charge in [-0.2, -0.15) is 0 Å². The molecule has 0 aromatic heterocycles. The number of rotatable bonds is 0. The second-order valence-corrected chi connectivity index (χ2v) is 6.61. The maximum Gasteiger partial charge on any atom is 0.0646 e. The monoisotopic (exact) mass is 198 g/mol. The third-order valence-corrected chi connectivity index (χ3v) is 4.45. The van der Waals surface area contributed by atoms with Gasteiger partial charge in [0, 0.05) is 5.92 Å². The first-order valence-corrected chi connectivity index (χ1v) is 5.62. The van der Waals surface area contributed by atoms with Gasteiger partial charge >= 0.3 is 0 Å². The molecule has 2 aliphatic rings. The summed E-state index contributed by atoms with van der Waals surface area (Å²) in [6.45, 7) is 8.43. The Hall–Kier alpha value is -0.0800. The van der Waals surface area contributed by atoms with Gasteiger partial charge in [0.2, 0.25) is 0 Å². The first kappa shape index (κ1) is 10.4. The molecule has 0 aliphatic heterocycles. The lowest BCUT2D eigenvalue weighted by atomic mass is 9.79. The summed E-state index contributed by atoms with van der Waals surface area (Å²) in [6, 6.07) is 0. The van der Waals surface area contributed by atoms with E-state index in [9.17, 15) is 10.2 Å². The molecule has 14 heavy (non-hydrogen) atoms. The Kier molecular flexibility index (Phi) is 2.04. The van der Waals surface area contributed by atoms with E-state index in [1.165, 1.54) is 0 Å². The maximum atomic E-state index is 10.2. The number of hydrogen-bond donors (Lipinski definition) is 2. The van der Waals surface area contributed by atoms with Crippen LogP contribution in [0, 0.1) is 22.7 Å². The van der Waals surface area contributed by atoms with Crippen molar-refractivity contribution in [3.8, 4) is 0 Å². The Labute approximate surface area is 86.3 Å². The third-order valence-electron chi connectivity index (χ3n) is 4.45. The van der Waals surface area contributed by atoms with Crippen LogP contribution in [-0.2, 0) is 0 Å². The van der Waals surface area contributed by atoms with Crippen LogP contribution in [0.2, 0.25) is 0 Å². The molecule has 82 valence electrons. The molecule has 0 saturated heterocycles. The highest BCUT2D eigenvalue weighted by molar-refractivity contribution is 5.08. The molecular formula is C12H22O2. The molecule has 0 heterocycles. The van der Waals surface area contributed by atoms with Gasteiger partial charge in [-0.1, -0.05) is 27.7 Å². The minimum absolute atomic E-state index is 0.00713. The minimum Gasteiger partial charge on any atom is -0.392 e. The van der Waals surface area contributed by atoms with Gasteiger partial charge in [0.05, 0.1) is 12.2 Å². The molecule has 2 N–H and O–H groups in total. The average molecular weight is 198 g/mol. The Morgan fingerprint density at radius 3 is 1.50 bits per heavy atom. The van der Waals surface area contributed by atoms with Gasteiger partial charge in [-0.25, -0.2) is 0 Å². The van der Waals surface area contributed by atoms with Crippen LogP contribution < -0.4 is 0 Å². The summed E-state index contributed by atoms with van der Waals surface area (Å²) in [6.07, 6.45) is 1.45. The van der Waals surface area contributed by atoms with Crippen LogP contribution in [0.15, 0.2) is 0 Å². The molecule has 2 rings (SSSR count). The van der Waals surface area contributed by atoms with Crippen LogP contribution in [0.25, 0.3) is 0 Å². The Balaban J connectivity index is 2.25. The van der Waals surface area contributed by atoms with Crippen LogP contribution in [0.5, 0.6) is 0 Å². The molecule has 2 nitrogen and oxygen atoms in total. The summed E-state index contributed by atoms with van der Waals surface area (Å²) in [5.74, 6) is 0.630. The number of hydrogen-bond acceptors (Lipinski definition) is 2. The van der Waals surface area contributed by atoms with Gasteiger partial charge in [-0.05, 0) is 29.6 Å². The molecule has 0 aromatic rings. The summed E-state index contributed by atoms with van der Waals surface area (Å²) < 4.78 is 0. The molecule has 2 unspecified atom stereocenters. The average Bonchev–Trinajstić information content (AvgIpc) is 2.32. The van der Waals surface area contributed by atoms with E-state index in [-0.39, 0.29) is 29.0 Å². The molecule has 2 saturated carbocycles. The highest BCUT2D eigenvalue weighted by Gasteiger charge is 2.58. The SMILES string of the molecule is CC1(C)CC2CC(C)(C)C(O)C2C1O. The van der Waals surface area contributed by atoms with Crippen molar-refractivity contribution in [2.24, 2.45) is 22.7 Å². The van der Waals surface area contributed by atoms with Crippen LogP contribution >= 0.6 is 0 Å². The second-order valence-electron chi connectivity index (χ2n) is 6.61. The largest absolute Gasteiger partial charge is 0.392 e.